The second-order valence-electron chi connectivity index (χ2n) is 3.83. The van der Waals surface area contributed by atoms with Crippen molar-refractivity contribution in [2.24, 2.45) is 5.73 Å². The van der Waals surface area contributed by atoms with E-state index in [1.807, 2.05) is 6.92 Å². The molecule has 1 aromatic rings. The van der Waals surface area contributed by atoms with Crippen molar-refractivity contribution in [3.8, 4) is 0 Å². The quantitative estimate of drug-likeness (QED) is 0.473. The molecule has 1 heterocycles. The van der Waals surface area contributed by atoms with Crippen LogP contribution in [0.15, 0.2) is 17.2 Å². The van der Waals surface area contributed by atoms with Gasteiger partial charge in [0.1, 0.15) is 5.84 Å². The van der Waals surface area contributed by atoms with E-state index in [1.165, 1.54) is 16.7 Å². The summed E-state index contributed by atoms with van der Waals surface area (Å²) in [7, 11) is 3.43. The number of aromatic nitrogens is 1. The number of thioether (sulfide) groups is 1. The number of nitrogens with zero attached hydrogens (tertiary/aromatic N) is 2. The molecule has 5 nitrogen and oxygen atoms in total. The SMILES string of the molecule is Cc1cc(C(=N)N)cc(SCC(=O)N(C)C)n1. The van der Waals surface area contributed by atoms with Crippen LogP contribution in [-0.2, 0) is 4.79 Å². The maximum atomic E-state index is 11.4. The number of pyridine rings is 1. The third kappa shape index (κ3) is 4.07. The van der Waals surface area contributed by atoms with Crippen LogP contribution in [0.3, 0.4) is 0 Å². The molecule has 0 unspecified atom stereocenters. The Morgan fingerprint density at radius 3 is 2.71 bits per heavy atom. The third-order valence-electron chi connectivity index (χ3n) is 2.08. The van der Waals surface area contributed by atoms with Crippen LogP contribution < -0.4 is 5.73 Å². The molecule has 0 aliphatic rings. The molecule has 0 bridgehead atoms. The number of hydrogen-bond donors (Lipinski definition) is 2. The first-order chi connectivity index (χ1) is 7.90. The monoisotopic (exact) mass is 252 g/mol. The molecule has 1 aromatic heterocycles. The molecule has 0 saturated carbocycles. The van der Waals surface area contributed by atoms with Gasteiger partial charge in [0.2, 0.25) is 5.91 Å². The van der Waals surface area contributed by atoms with E-state index in [0.717, 1.165) is 5.69 Å². The highest BCUT2D eigenvalue weighted by atomic mass is 32.2. The van der Waals surface area contributed by atoms with Gasteiger partial charge in [-0.25, -0.2) is 4.98 Å². The number of carbonyl (C=O) groups is 1. The summed E-state index contributed by atoms with van der Waals surface area (Å²) in [6.45, 7) is 1.84. The number of carbonyl (C=O) groups excluding carboxylic acids is 1. The Morgan fingerprint density at radius 2 is 2.18 bits per heavy atom. The largest absolute Gasteiger partial charge is 0.384 e. The van der Waals surface area contributed by atoms with Gasteiger partial charge in [0.05, 0.1) is 10.8 Å². The lowest BCUT2D eigenvalue weighted by atomic mass is 10.2. The Hall–Kier alpha value is -1.56. The number of hydrogen-bond acceptors (Lipinski definition) is 4. The van der Waals surface area contributed by atoms with Gasteiger partial charge in [0.25, 0.3) is 0 Å². The van der Waals surface area contributed by atoms with E-state index in [1.54, 1.807) is 26.2 Å². The minimum atomic E-state index is 0.0105. The van der Waals surface area contributed by atoms with E-state index >= 15 is 0 Å². The molecule has 1 amide bonds. The van der Waals surface area contributed by atoms with Gasteiger partial charge in [0, 0.05) is 25.4 Å². The maximum absolute atomic E-state index is 11.4. The summed E-state index contributed by atoms with van der Waals surface area (Å²) in [5, 5.41) is 8.09. The molecule has 17 heavy (non-hydrogen) atoms. The summed E-state index contributed by atoms with van der Waals surface area (Å²) in [5.74, 6) is 0.375. The summed E-state index contributed by atoms with van der Waals surface area (Å²) < 4.78 is 0. The lowest BCUT2D eigenvalue weighted by Gasteiger charge is -2.10. The highest BCUT2D eigenvalue weighted by molar-refractivity contribution is 7.99. The van der Waals surface area contributed by atoms with Crippen LogP contribution in [0.4, 0.5) is 0 Å². The van der Waals surface area contributed by atoms with E-state index in [4.69, 9.17) is 11.1 Å². The third-order valence-corrected chi connectivity index (χ3v) is 2.98. The van der Waals surface area contributed by atoms with Crippen molar-refractivity contribution in [3.05, 3.63) is 23.4 Å². The fourth-order valence-electron chi connectivity index (χ4n) is 1.13. The molecule has 0 atom stereocenters. The van der Waals surface area contributed by atoms with Gasteiger partial charge >= 0.3 is 0 Å². The summed E-state index contributed by atoms with van der Waals surface area (Å²) in [5.41, 5.74) is 6.85. The number of rotatable bonds is 4. The van der Waals surface area contributed by atoms with Crippen LogP contribution in [0.25, 0.3) is 0 Å². The zero-order valence-electron chi connectivity index (χ0n) is 10.2. The Labute approximate surface area is 105 Å². The van der Waals surface area contributed by atoms with Crippen LogP contribution in [-0.4, -0.2) is 41.5 Å². The molecule has 92 valence electrons. The fourth-order valence-corrected chi connectivity index (χ4v) is 2.08. The Bertz CT molecular complexity index is 445. The van der Waals surface area contributed by atoms with Crippen molar-refractivity contribution >= 4 is 23.5 Å². The van der Waals surface area contributed by atoms with Crippen LogP contribution >= 0.6 is 11.8 Å². The highest BCUT2D eigenvalue weighted by Crippen LogP contribution is 2.18. The van der Waals surface area contributed by atoms with Gasteiger partial charge in [-0.15, -0.1) is 0 Å². The molecular formula is C11H16N4OS. The lowest BCUT2D eigenvalue weighted by molar-refractivity contribution is -0.125. The van der Waals surface area contributed by atoms with Crippen molar-refractivity contribution in [1.29, 1.82) is 5.41 Å². The minimum absolute atomic E-state index is 0.0105. The van der Waals surface area contributed by atoms with E-state index in [9.17, 15) is 4.79 Å². The van der Waals surface area contributed by atoms with Crippen LogP contribution in [0, 0.1) is 12.3 Å². The molecule has 3 N–H and O–H groups in total. The first-order valence-corrected chi connectivity index (χ1v) is 6.04. The zero-order valence-corrected chi connectivity index (χ0v) is 11.0. The summed E-state index contributed by atoms with van der Waals surface area (Å²) in [6.07, 6.45) is 0. The molecule has 1 rings (SSSR count). The van der Waals surface area contributed by atoms with E-state index in [2.05, 4.69) is 4.98 Å². The molecular weight excluding hydrogens is 236 g/mol. The number of amidine groups is 1. The number of nitrogens with one attached hydrogen (secondary N) is 1. The second kappa shape index (κ2) is 5.67. The molecule has 0 saturated heterocycles. The first kappa shape index (κ1) is 13.5. The van der Waals surface area contributed by atoms with Crippen molar-refractivity contribution in [2.45, 2.75) is 11.9 Å². The van der Waals surface area contributed by atoms with Gasteiger partial charge in [-0.3, -0.25) is 10.2 Å². The molecule has 0 aliphatic heterocycles. The van der Waals surface area contributed by atoms with Gasteiger partial charge < -0.3 is 10.6 Å². The van der Waals surface area contributed by atoms with Gasteiger partial charge in [-0.1, -0.05) is 11.8 Å². The molecule has 0 aliphatic carbocycles. The molecule has 0 aromatic carbocycles. The normalized spacial score (nSPS) is 10.1. The number of nitrogen functional groups attached to an aromatic ring is 1. The average molecular weight is 252 g/mol. The van der Waals surface area contributed by atoms with Crippen molar-refractivity contribution in [3.63, 3.8) is 0 Å². The summed E-state index contributed by atoms with van der Waals surface area (Å²) >= 11 is 1.35. The molecule has 0 spiro atoms. The predicted molar refractivity (Wildman–Crippen MR) is 69.4 cm³/mol. The smallest absolute Gasteiger partial charge is 0.232 e. The Balaban J connectivity index is 2.78. The minimum Gasteiger partial charge on any atom is -0.384 e. The van der Waals surface area contributed by atoms with Crippen molar-refractivity contribution in [2.75, 3.05) is 19.8 Å². The lowest BCUT2D eigenvalue weighted by Crippen LogP contribution is -2.23. The van der Waals surface area contributed by atoms with Gasteiger partial charge in [-0.05, 0) is 19.1 Å². The van der Waals surface area contributed by atoms with Crippen molar-refractivity contribution in [1.82, 2.24) is 9.88 Å². The highest BCUT2D eigenvalue weighted by Gasteiger charge is 2.08. The average Bonchev–Trinajstić information content (AvgIpc) is 2.24. The predicted octanol–water partition coefficient (Wildman–Crippen LogP) is 0.854. The Morgan fingerprint density at radius 1 is 1.53 bits per heavy atom. The Kier molecular flexibility index (Phi) is 4.51. The number of aryl methyl sites for hydroxylation is 1. The van der Waals surface area contributed by atoms with E-state index in [0.29, 0.717) is 16.3 Å². The van der Waals surface area contributed by atoms with Gasteiger partial charge in [-0.2, -0.15) is 0 Å². The molecule has 0 fully saturated rings. The fraction of sp³-hybridized carbons (Fsp3) is 0.364. The number of nitrogens with two attached hydrogens (primary N) is 1. The van der Waals surface area contributed by atoms with E-state index < -0.39 is 0 Å². The maximum Gasteiger partial charge on any atom is 0.232 e. The van der Waals surface area contributed by atoms with Crippen LogP contribution in [0.5, 0.6) is 0 Å². The van der Waals surface area contributed by atoms with Crippen LogP contribution in [0.1, 0.15) is 11.3 Å². The van der Waals surface area contributed by atoms with E-state index in [-0.39, 0.29) is 11.7 Å². The van der Waals surface area contributed by atoms with Crippen molar-refractivity contribution < 1.29 is 4.79 Å². The molecule has 6 heteroatoms. The first-order valence-electron chi connectivity index (χ1n) is 5.06. The molecule has 0 radical (unpaired) electrons. The standard InChI is InChI=1S/C11H16N4OS/c1-7-4-8(11(12)13)5-9(14-7)17-6-10(16)15(2)3/h4-5H,6H2,1-3H3,(H3,12,13). The summed E-state index contributed by atoms with van der Waals surface area (Å²) in [6, 6.07) is 3.48. The topological polar surface area (TPSA) is 83.1 Å². The number of amides is 1. The summed E-state index contributed by atoms with van der Waals surface area (Å²) in [4.78, 5) is 17.3. The second-order valence-corrected chi connectivity index (χ2v) is 4.82. The zero-order chi connectivity index (χ0) is 13.0. The van der Waals surface area contributed by atoms with Gasteiger partial charge in [0.15, 0.2) is 0 Å². The van der Waals surface area contributed by atoms with Crippen LogP contribution in [0.2, 0.25) is 0 Å².